The number of ether oxygens (including phenoxy) is 1. The molecule has 2 N–H and O–H groups in total. The molecule has 2 aromatic carbocycles. The Morgan fingerprint density at radius 3 is 2.24 bits per heavy atom. The molecule has 3 aliphatic rings. The minimum atomic E-state index is -0.490. The lowest BCUT2D eigenvalue weighted by Crippen LogP contribution is -2.44. The van der Waals surface area contributed by atoms with Gasteiger partial charge in [0, 0.05) is 25.7 Å². The molecule has 0 aromatic heterocycles. The first-order valence-electron chi connectivity index (χ1n) is 11.9. The molecule has 5 rings (SSSR count). The van der Waals surface area contributed by atoms with Crippen molar-refractivity contribution >= 4 is 11.8 Å². The molecule has 1 saturated heterocycles. The van der Waals surface area contributed by atoms with Gasteiger partial charge in [-0.25, -0.2) is 0 Å². The van der Waals surface area contributed by atoms with Crippen LogP contribution in [0.25, 0.3) is 0 Å². The van der Waals surface area contributed by atoms with Gasteiger partial charge in [0.05, 0.1) is 24.3 Å². The molecule has 0 spiro atoms. The van der Waals surface area contributed by atoms with Crippen LogP contribution in [0.5, 0.6) is 0 Å². The van der Waals surface area contributed by atoms with Gasteiger partial charge in [-0.2, -0.15) is 0 Å². The number of rotatable bonds is 3. The average molecular weight is 451 g/mol. The maximum atomic E-state index is 12.2. The zero-order chi connectivity index (χ0) is 23.8. The van der Waals surface area contributed by atoms with E-state index in [0.29, 0.717) is 19.3 Å². The van der Waals surface area contributed by atoms with Crippen molar-refractivity contribution in [2.24, 2.45) is 0 Å². The third-order valence-electron chi connectivity index (χ3n) is 6.86. The highest BCUT2D eigenvalue weighted by molar-refractivity contribution is 5.78. The van der Waals surface area contributed by atoms with Crippen molar-refractivity contribution in [2.45, 2.75) is 83.4 Å². The fourth-order valence-corrected chi connectivity index (χ4v) is 5.36. The number of aliphatic hydroxyl groups excluding tert-OH is 1. The molecule has 0 saturated carbocycles. The number of nitrogens with one attached hydrogen (secondary N) is 1. The number of hydrogen-bond acceptors (Lipinski definition) is 4. The minimum absolute atomic E-state index is 0.0178. The van der Waals surface area contributed by atoms with Crippen LogP contribution in [-0.2, 0) is 27.2 Å². The van der Waals surface area contributed by atoms with Crippen LogP contribution in [0.2, 0.25) is 0 Å². The molecule has 2 aliphatic carbocycles. The van der Waals surface area contributed by atoms with Gasteiger partial charge in [-0.1, -0.05) is 62.4 Å². The van der Waals surface area contributed by atoms with Gasteiger partial charge in [0.15, 0.2) is 0 Å². The predicted octanol–water partition coefficient (Wildman–Crippen LogP) is 3.83. The van der Waals surface area contributed by atoms with Crippen LogP contribution in [0.4, 0.5) is 0 Å². The van der Waals surface area contributed by atoms with Crippen LogP contribution in [0.3, 0.4) is 0 Å². The van der Waals surface area contributed by atoms with Gasteiger partial charge in [-0.3, -0.25) is 9.59 Å². The lowest BCUT2D eigenvalue weighted by molar-refractivity contribution is -0.147. The van der Waals surface area contributed by atoms with Gasteiger partial charge in [0.2, 0.25) is 11.8 Å². The van der Waals surface area contributed by atoms with Gasteiger partial charge < -0.3 is 20.1 Å². The van der Waals surface area contributed by atoms with Crippen LogP contribution < -0.4 is 5.32 Å². The summed E-state index contributed by atoms with van der Waals surface area (Å²) in [5.74, 6) is 0.153. The van der Waals surface area contributed by atoms with E-state index in [1.807, 2.05) is 62.9 Å². The van der Waals surface area contributed by atoms with Crippen molar-refractivity contribution < 1.29 is 19.4 Å². The highest BCUT2D eigenvalue weighted by atomic mass is 16.5. The Labute approximate surface area is 195 Å². The Kier molecular flexibility index (Phi) is 6.59. The molecule has 6 heteroatoms. The SMILES string of the molecule is CCC(=O)N1C2c3ccccc3CC2OC1(C)C.CCC(=O)NC1c2ccccc2CC1O. The fourth-order valence-electron chi connectivity index (χ4n) is 5.36. The molecule has 33 heavy (non-hydrogen) atoms. The Hall–Kier alpha value is -2.70. The Morgan fingerprint density at radius 1 is 1.00 bits per heavy atom. The molecule has 1 fully saturated rings. The summed E-state index contributed by atoms with van der Waals surface area (Å²) in [5, 5.41) is 12.7. The Balaban J connectivity index is 0.000000160. The summed E-state index contributed by atoms with van der Waals surface area (Å²) in [4.78, 5) is 25.5. The smallest absolute Gasteiger partial charge is 0.225 e. The third kappa shape index (κ3) is 4.42. The Bertz CT molecular complexity index is 1030. The zero-order valence-corrected chi connectivity index (χ0v) is 19.9. The maximum Gasteiger partial charge on any atom is 0.225 e. The highest BCUT2D eigenvalue weighted by Crippen LogP contribution is 2.48. The molecule has 2 aromatic rings. The molecule has 4 atom stereocenters. The second kappa shape index (κ2) is 9.27. The summed E-state index contributed by atoms with van der Waals surface area (Å²) in [5.41, 5.74) is 4.26. The van der Waals surface area contributed by atoms with E-state index in [0.717, 1.165) is 17.5 Å². The van der Waals surface area contributed by atoms with Crippen molar-refractivity contribution in [3.8, 4) is 0 Å². The van der Waals surface area contributed by atoms with E-state index >= 15 is 0 Å². The number of carbonyl (C=O) groups excluding carboxylic acids is 2. The molecule has 4 unspecified atom stereocenters. The minimum Gasteiger partial charge on any atom is -0.390 e. The second-order valence-electron chi connectivity index (χ2n) is 9.44. The molecule has 176 valence electrons. The molecule has 1 heterocycles. The largest absolute Gasteiger partial charge is 0.390 e. The van der Waals surface area contributed by atoms with Crippen LogP contribution in [0.15, 0.2) is 48.5 Å². The Morgan fingerprint density at radius 2 is 1.61 bits per heavy atom. The van der Waals surface area contributed by atoms with Crippen molar-refractivity contribution in [2.75, 3.05) is 0 Å². The van der Waals surface area contributed by atoms with Gasteiger partial charge in [0.25, 0.3) is 0 Å². The average Bonchev–Trinajstić information content (AvgIpc) is 3.39. The van der Waals surface area contributed by atoms with E-state index in [-0.39, 0.29) is 30.0 Å². The predicted molar refractivity (Wildman–Crippen MR) is 126 cm³/mol. The van der Waals surface area contributed by atoms with E-state index < -0.39 is 11.8 Å². The number of benzene rings is 2. The quantitative estimate of drug-likeness (QED) is 0.745. The first kappa shape index (κ1) is 23.5. The lowest BCUT2D eigenvalue weighted by Gasteiger charge is -2.33. The van der Waals surface area contributed by atoms with E-state index in [9.17, 15) is 14.7 Å². The maximum absolute atomic E-state index is 12.2. The van der Waals surface area contributed by atoms with E-state index in [4.69, 9.17) is 4.74 Å². The summed E-state index contributed by atoms with van der Waals surface area (Å²) in [6, 6.07) is 16.1. The summed E-state index contributed by atoms with van der Waals surface area (Å²) in [6.45, 7) is 7.69. The van der Waals surface area contributed by atoms with Crippen molar-refractivity contribution in [3.05, 3.63) is 70.8 Å². The molecule has 2 amide bonds. The molecule has 0 radical (unpaired) electrons. The normalized spacial score (nSPS) is 26.0. The molecular formula is C27H34N2O4. The molecule has 1 aliphatic heterocycles. The number of amides is 2. The van der Waals surface area contributed by atoms with Crippen molar-refractivity contribution in [1.82, 2.24) is 10.2 Å². The monoisotopic (exact) mass is 450 g/mol. The van der Waals surface area contributed by atoms with Crippen LogP contribution >= 0.6 is 0 Å². The first-order chi connectivity index (χ1) is 15.8. The number of aliphatic hydroxyl groups is 1. The van der Waals surface area contributed by atoms with Crippen molar-refractivity contribution in [3.63, 3.8) is 0 Å². The lowest BCUT2D eigenvalue weighted by atomic mass is 10.0. The van der Waals surface area contributed by atoms with Crippen LogP contribution in [0, 0.1) is 0 Å². The summed E-state index contributed by atoms with van der Waals surface area (Å²) in [6.07, 6.45) is 2.15. The van der Waals surface area contributed by atoms with Crippen LogP contribution in [-0.4, -0.2) is 39.8 Å². The van der Waals surface area contributed by atoms with Gasteiger partial charge in [0.1, 0.15) is 5.72 Å². The fraction of sp³-hybridized carbons (Fsp3) is 0.481. The standard InChI is InChI=1S/C15H19NO2.C12H15NO2/c1-4-13(17)16-14-11-8-6-5-7-10(11)9-12(14)18-15(16,2)3;1-2-11(15)13-12-9-6-4-3-5-8(9)7-10(12)14/h5-8,12,14H,4,9H2,1-3H3;3-6,10,12,14H,2,7H2,1H3,(H,13,15). The van der Waals surface area contributed by atoms with Gasteiger partial charge >= 0.3 is 0 Å². The number of fused-ring (bicyclic) bond motifs is 4. The summed E-state index contributed by atoms with van der Waals surface area (Å²) >= 11 is 0. The third-order valence-corrected chi connectivity index (χ3v) is 6.86. The summed E-state index contributed by atoms with van der Waals surface area (Å²) in [7, 11) is 0. The number of nitrogens with zero attached hydrogens (tertiary/aromatic N) is 1. The zero-order valence-electron chi connectivity index (χ0n) is 19.9. The topological polar surface area (TPSA) is 78.9 Å². The van der Waals surface area contributed by atoms with Crippen molar-refractivity contribution in [1.29, 1.82) is 0 Å². The van der Waals surface area contributed by atoms with Gasteiger partial charge in [-0.05, 0) is 36.1 Å². The first-order valence-corrected chi connectivity index (χ1v) is 11.9. The number of carbonyl (C=O) groups is 2. The van der Waals surface area contributed by atoms with Crippen LogP contribution in [0.1, 0.15) is 74.9 Å². The molecular weight excluding hydrogens is 416 g/mol. The second-order valence-corrected chi connectivity index (χ2v) is 9.44. The van der Waals surface area contributed by atoms with E-state index in [2.05, 4.69) is 23.5 Å². The van der Waals surface area contributed by atoms with E-state index in [1.165, 1.54) is 11.1 Å². The molecule has 6 nitrogen and oxygen atoms in total. The molecule has 0 bridgehead atoms. The highest BCUT2D eigenvalue weighted by Gasteiger charge is 2.52. The summed E-state index contributed by atoms with van der Waals surface area (Å²) < 4.78 is 6.10. The van der Waals surface area contributed by atoms with E-state index in [1.54, 1.807) is 0 Å². The number of hydrogen-bond donors (Lipinski definition) is 2. The van der Waals surface area contributed by atoms with Gasteiger partial charge in [-0.15, -0.1) is 0 Å².